The molecule has 0 spiro atoms. The van der Waals surface area contributed by atoms with Crippen molar-refractivity contribution in [2.75, 3.05) is 11.9 Å². The Hall–Kier alpha value is -2.80. The van der Waals surface area contributed by atoms with Crippen LogP contribution < -0.4 is 5.32 Å². The summed E-state index contributed by atoms with van der Waals surface area (Å²) in [7, 11) is 0. The van der Waals surface area contributed by atoms with Gasteiger partial charge in [0, 0.05) is 23.9 Å². The third kappa shape index (κ3) is 4.49. The van der Waals surface area contributed by atoms with Gasteiger partial charge in [-0.15, -0.1) is 0 Å². The normalized spacial score (nSPS) is 13.6. The highest BCUT2D eigenvalue weighted by Gasteiger charge is 2.33. The first-order valence-electron chi connectivity index (χ1n) is 8.71. The van der Waals surface area contributed by atoms with Crippen molar-refractivity contribution < 1.29 is 13.9 Å². The Morgan fingerprint density at radius 2 is 1.89 bits per heavy atom. The number of halogens is 2. The largest absolute Gasteiger partial charge is 0.382 e. The molecule has 2 aromatic carbocycles. The molecule has 0 saturated heterocycles. The molecule has 3 rings (SSSR count). The van der Waals surface area contributed by atoms with Gasteiger partial charge < -0.3 is 10.4 Å². The lowest BCUT2D eigenvalue weighted by Crippen LogP contribution is -2.39. The molecule has 0 saturated carbocycles. The Morgan fingerprint density at radius 3 is 2.48 bits per heavy atom. The third-order valence-electron chi connectivity index (χ3n) is 4.48. The molecule has 0 bridgehead atoms. The number of anilines is 1. The monoisotopic (exact) mass is 372 g/mol. The van der Waals surface area contributed by atoms with Gasteiger partial charge in [0.1, 0.15) is 29.9 Å². The van der Waals surface area contributed by atoms with E-state index in [2.05, 4.69) is 29.2 Å². The summed E-state index contributed by atoms with van der Waals surface area (Å²) in [5, 5.41) is 18.3. The molecule has 0 aliphatic carbocycles. The Kier molecular flexibility index (Phi) is 5.51. The average Bonchev–Trinajstić information content (AvgIpc) is 3.13. The number of hydrogen-bond acceptors (Lipinski definition) is 4. The molecular weight excluding hydrogens is 350 g/mol. The zero-order valence-corrected chi connectivity index (χ0v) is 15.2. The molecule has 5 nitrogen and oxygen atoms in total. The second-order valence-corrected chi connectivity index (χ2v) is 6.88. The Bertz CT molecular complexity index is 882. The number of aromatic nitrogens is 3. The van der Waals surface area contributed by atoms with Gasteiger partial charge >= 0.3 is 0 Å². The van der Waals surface area contributed by atoms with Crippen LogP contribution in [0.5, 0.6) is 0 Å². The number of benzene rings is 2. The van der Waals surface area contributed by atoms with E-state index in [9.17, 15) is 13.9 Å². The summed E-state index contributed by atoms with van der Waals surface area (Å²) in [6, 6.07) is 11.0. The SMILES string of the molecule is CC(C)c1ccc(NCC(O)(Cn2cncn2)c2ccc(F)cc2F)cc1. The molecule has 1 unspecified atom stereocenters. The van der Waals surface area contributed by atoms with Gasteiger partial charge in [-0.05, 0) is 29.7 Å². The summed E-state index contributed by atoms with van der Waals surface area (Å²) in [6.07, 6.45) is 2.77. The lowest BCUT2D eigenvalue weighted by molar-refractivity contribution is 0.0247. The van der Waals surface area contributed by atoms with E-state index in [-0.39, 0.29) is 18.7 Å². The topological polar surface area (TPSA) is 63.0 Å². The number of hydrogen-bond donors (Lipinski definition) is 2. The summed E-state index contributed by atoms with van der Waals surface area (Å²) >= 11 is 0. The number of nitrogens with one attached hydrogen (secondary N) is 1. The van der Waals surface area contributed by atoms with Crippen molar-refractivity contribution in [3.63, 3.8) is 0 Å². The fraction of sp³-hybridized carbons (Fsp3) is 0.300. The lowest BCUT2D eigenvalue weighted by atomic mass is 9.92. The predicted octanol–water partition coefficient (Wildman–Crippen LogP) is 3.68. The molecule has 7 heteroatoms. The summed E-state index contributed by atoms with van der Waals surface area (Å²) in [5.41, 5.74) is 0.329. The van der Waals surface area contributed by atoms with E-state index in [0.29, 0.717) is 5.92 Å². The maximum absolute atomic E-state index is 14.4. The smallest absolute Gasteiger partial charge is 0.137 e. The first kappa shape index (κ1) is 19.0. The molecule has 142 valence electrons. The zero-order valence-electron chi connectivity index (χ0n) is 15.2. The minimum absolute atomic E-state index is 0.00861. The van der Waals surface area contributed by atoms with Gasteiger partial charge in [-0.3, -0.25) is 0 Å². The molecule has 3 aromatic rings. The van der Waals surface area contributed by atoms with Crippen LogP contribution in [-0.4, -0.2) is 26.4 Å². The van der Waals surface area contributed by atoms with Gasteiger partial charge in [-0.25, -0.2) is 18.4 Å². The molecule has 0 aliphatic rings. The molecule has 0 amide bonds. The van der Waals surface area contributed by atoms with Crippen molar-refractivity contribution in [1.29, 1.82) is 0 Å². The van der Waals surface area contributed by atoms with Crippen LogP contribution >= 0.6 is 0 Å². The van der Waals surface area contributed by atoms with Crippen LogP contribution in [0, 0.1) is 11.6 Å². The molecule has 0 radical (unpaired) electrons. The number of aliphatic hydroxyl groups is 1. The molecule has 0 fully saturated rings. The van der Waals surface area contributed by atoms with Crippen LogP contribution in [0.3, 0.4) is 0 Å². The van der Waals surface area contributed by atoms with Crippen molar-refractivity contribution in [3.8, 4) is 0 Å². The van der Waals surface area contributed by atoms with Crippen LogP contribution in [-0.2, 0) is 12.1 Å². The molecule has 1 atom stereocenters. The van der Waals surface area contributed by atoms with Crippen LogP contribution in [0.4, 0.5) is 14.5 Å². The highest BCUT2D eigenvalue weighted by atomic mass is 19.1. The van der Waals surface area contributed by atoms with E-state index in [1.807, 2.05) is 24.3 Å². The van der Waals surface area contributed by atoms with E-state index in [4.69, 9.17) is 0 Å². The Balaban J connectivity index is 1.85. The minimum Gasteiger partial charge on any atom is -0.382 e. The summed E-state index contributed by atoms with van der Waals surface area (Å²) in [4.78, 5) is 3.85. The van der Waals surface area contributed by atoms with Crippen molar-refractivity contribution in [1.82, 2.24) is 14.8 Å². The van der Waals surface area contributed by atoms with Crippen molar-refractivity contribution in [2.45, 2.75) is 31.9 Å². The van der Waals surface area contributed by atoms with E-state index < -0.39 is 17.2 Å². The van der Waals surface area contributed by atoms with E-state index in [1.165, 1.54) is 29.0 Å². The van der Waals surface area contributed by atoms with Gasteiger partial charge in [0.25, 0.3) is 0 Å². The van der Waals surface area contributed by atoms with Gasteiger partial charge in [0.2, 0.25) is 0 Å². The fourth-order valence-corrected chi connectivity index (χ4v) is 2.92. The van der Waals surface area contributed by atoms with Gasteiger partial charge in [0.05, 0.1) is 6.54 Å². The Morgan fingerprint density at radius 1 is 1.15 bits per heavy atom. The van der Waals surface area contributed by atoms with Crippen molar-refractivity contribution >= 4 is 5.69 Å². The first-order chi connectivity index (χ1) is 12.9. The average molecular weight is 372 g/mol. The molecular formula is C20H22F2N4O. The van der Waals surface area contributed by atoms with Gasteiger partial charge in [-0.1, -0.05) is 32.0 Å². The maximum Gasteiger partial charge on any atom is 0.137 e. The summed E-state index contributed by atoms with van der Waals surface area (Å²) < 4.78 is 29.1. The van der Waals surface area contributed by atoms with Gasteiger partial charge in [0.15, 0.2) is 0 Å². The number of rotatable bonds is 7. The van der Waals surface area contributed by atoms with Crippen LogP contribution in [0.25, 0.3) is 0 Å². The van der Waals surface area contributed by atoms with E-state index in [0.717, 1.165) is 17.8 Å². The van der Waals surface area contributed by atoms with Crippen LogP contribution in [0.15, 0.2) is 55.1 Å². The molecule has 27 heavy (non-hydrogen) atoms. The zero-order chi connectivity index (χ0) is 19.4. The molecule has 0 aliphatic heterocycles. The number of nitrogens with zero attached hydrogens (tertiary/aromatic N) is 3. The first-order valence-corrected chi connectivity index (χ1v) is 8.71. The lowest BCUT2D eigenvalue weighted by Gasteiger charge is -2.29. The summed E-state index contributed by atoms with van der Waals surface area (Å²) in [5.74, 6) is -1.09. The second kappa shape index (κ2) is 7.84. The third-order valence-corrected chi connectivity index (χ3v) is 4.48. The molecule has 1 heterocycles. The predicted molar refractivity (Wildman–Crippen MR) is 99.3 cm³/mol. The summed E-state index contributed by atoms with van der Waals surface area (Å²) in [6.45, 7) is 4.19. The molecule has 1 aromatic heterocycles. The van der Waals surface area contributed by atoms with Crippen molar-refractivity contribution in [3.05, 3.63) is 77.9 Å². The quantitative estimate of drug-likeness (QED) is 0.664. The second-order valence-electron chi connectivity index (χ2n) is 6.88. The standard InChI is InChI=1S/C20H22F2N4O/c1-14(2)15-3-6-17(7-4-15)24-10-20(27,11-26-13-23-12-25-26)18-8-5-16(21)9-19(18)22/h3-9,12-14,24,27H,10-11H2,1-2H3. The molecule has 2 N–H and O–H groups in total. The van der Waals surface area contributed by atoms with Crippen molar-refractivity contribution in [2.24, 2.45) is 0 Å². The highest BCUT2D eigenvalue weighted by Crippen LogP contribution is 2.27. The van der Waals surface area contributed by atoms with Crippen LogP contribution in [0.2, 0.25) is 0 Å². The van der Waals surface area contributed by atoms with Gasteiger partial charge in [-0.2, -0.15) is 5.10 Å². The van der Waals surface area contributed by atoms with Crippen LogP contribution in [0.1, 0.15) is 30.9 Å². The van der Waals surface area contributed by atoms with E-state index in [1.54, 1.807) is 0 Å². The minimum atomic E-state index is -1.65. The Labute approximate surface area is 156 Å². The van der Waals surface area contributed by atoms with E-state index >= 15 is 0 Å². The fourth-order valence-electron chi connectivity index (χ4n) is 2.92. The maximum atomic E-state index is 14.4. The highest BCUT2D eigenvalue weighted by molar-refractivity contribution is 5.46.